The van der Waals surface area contributed by atoms with Crippen molar-refractivity contribution in [3.8, 4) is 0 Å². The molecule has 1 rings (SSSR count). The Kier molecular flexibility index (Phi) is 3.06. The first kappa shape index (κ1) is 8.72. The number of carbonyl (C=O) groups excluding carboxylic acids is 1. The van der Waals surface area contributed by atoms with Gasteiger partial charge < -0.3 is 10.5 Å². The van der Waals surface area contributed by atoms with E-state index in [-0.39, 0.29) is 6.04 Å². The second-order valence-corrected chi connectivity index (χ2v) is 3.50. The molecule has 1 saturated carbocycles. The minimum Gasteiger partial charge on any atom is -0.322 e. The monoisotopic (exact) mass is 155 g/mol. The lowest BCUT2D eigenvalue weighted by atomic mass is 9.91. The summed E-state index contributed by atoms with van der Waals surface area (Å²) < 4.78 is 0. The van der Waals surface area contributed by atoms with Gasteiger partial charge in [-0.05, 0) is 31.1 Å². The minimum absolute atomic E-state index is 0.206. The van der Waals surface area contributed by atoms with E-state index in [9.17, 15) is 4.79 Å². The molecule has 1 aliphatic rings. The third kappa shape index (κ3) is 2.29. The molecule has 0 amide bonds. The Morgan fingerprint density at radius 3 is 2.64 bits per heavy atom. The maximum Gasteiger partial charge on any atom is 0.136 e. The van der Waals surface area contributed by atoms with Gasteiger partial charge in [-0.1, -0.05) is 13.3 Å². The summed E-state index contributed by atoms with van der Waals surface area (Å²) in [6, 6.07) is -0.206. The topological polar surface area (TPSA) is 43.1 Å². The fourth-order valence-electron chi connectivity index (χ4n) is 1.70. The standard InChI is InChI=1S/C9H17NO/c1-2-3-8(7-4-5-7)9(10)6-11/h6-9H,2-5,10H2,1H3. The van der Waals surface area contributed by atoms with Crippen LogP contribution in [0.1, 0.15) is 32.6 Å². The Morgan fingerprint density at radius 1 is 1.64 bits per heavy atom. The van der Waals surface area contributed by atoms with E-state index in [1.165, 1.54) is 12.8 Å². The van der Waals surface area contributed by atoms with Gasteiger partial charge in [-0.25, -0.2) is 0 Å². The van der Waals surface area contributed by atoms with Crippen molar-refractivity contribution in [1.82, 2.24) is 0 Å². The average molecular weight is 155 g/mol. The van der Waals surface area contributed by atoms with Crippen LogP contribution in [0.5, 0.6) is 0 Å². The fourth-order valence-corrected chi connectivity index (χ4v) is 1.70. The van der Waals surface area contributed by atoms with E-state index in [1.54, 1.807) is 0 Å². The highest BCUT2D eigenvalue weighted by Crippen LogP contribution is 2.39. The predicted molar refractivity (Wildman–Crippen MR) is 45.2 cm³/mol. The summed E-state index contributed by atoms with van der Waals surface area (Å²) in [5.74, 6) is 1.23. The number of rotatable bonds is 5. The largest absolute Gasteiger partial charge is 0.322 e. The van der Waals surface area contributed by atoms with Crippen molar-refractivity contribution in [3.63, 3.8) is 0 Å². The highest BCUT2D eigenvalue weighted by Gasteiger charge is 2.33. The summed E-state index contributed by atoms with van der Waals surface area (Å²) in [5, 5.41) is 0. The molecule has 2 heteroatoms. The first-order chi connectivity index (χ1) is 5.29. The molecule has 0 aromatic heterocycles. The van der Waals surface area contributed by atoms with Crippen molar-refractivity contribution in [2.45, 2.75) is 38.6 Å². The highest BCUT2D eigenvalue weighted by atomic mass is 16.1. The minimum atomic E-state index is -0.206. The zero-order valence-electron chi connectivity index (χ0n) is 7.12. The molecule has 0 spiro atoms. The number of carbonyl (C=O) groups is 1. The number of aldehydes is 1. The van der Waals surface area contributed by atoms with Crippen LogP contribution in [0.3, 0.4) is 0 Å². The summed E-state index contributed by atoms with van der Waals surface area (Å²) in [6.07, 6.45) is 5.73. The molecule has 0 saturated heterocycles. The third-order valence-corrected chi connectivity index (χ3v) is 2.50. The van der Waals surface area contributed by atoms with Crippen LogP contribution in [-0.4, -0.2) is 12.3 Å². The van der Waals surface area contributed by atoms with E-state index in [1.807, 2.05) is 0 Å². The van der Waals surface area contributed by atoms with Gasteiger partial charge in [0, 0.05) is 0 Å². The van der Waals surface area contributed by atoms with Gasteiger partial charge in [-0.3, -0.25) is 0 Å². The van der Waals surface area contributed by atoms with Crippen LogP contribution < -0.4 is 5.73 Å². The van der Waals surface area contributed by atoms with Crippen LogP contribution in [0.15, 0.2) is 0 Å². The quantitative estimate of drug-likeness (QED) is 0.609. The van der Waals surface area contributed by atoms with Crippen molar-refractivity contribution in [2.75, 3.05) is 0 Å². The number of nitrogens with two attached hydrogens (primary N) is 1. The summed E-state index contributed by atoms with van der Waals surface area (Å²) in [6.45, 7) is 2.15. The number of hydrogen-bond acceptors (Lipinski definition) is 2. The maximum absolute atomic E-state index is 10.4. The normalized spacial score (nSPS) is 22.7. The lowest BCUT2D eigenvalue weighted by molar-refractivity contribution is -0.110. The molecular formula is C9H17NO. The molecule has 2 nitrogen and oxygen atoms in total. The molecule has 2 N–H and O–H groups in total. The van der Waals surface area contributed by atoms with Gasteiger partial charge in [0.05, 0.1) is 6.04 Å². The second kappa shape index (κ2) is 3.86. The van der Waals surface area contributed by atoms with Gasteiger partial charge in [0.1, 0.15) is 6.29 Å². The van der Waals surface area contributed by atoms with Gasteiger partial charge in [0.2, 0.25) is 0 Å². The Labute approximate surface area is 68.2 Å². The average Bonchev–Trinajstić information content (AvgIpc) is 2.81. The molecule has 2 unspecified atom stereocenters. The Morgan fingerprint density at radius 2 is 2.27 bits per heavy atom. The Balaban J connectivity index is 2.36. The van der Waals surface area contributed by atoms with E-state index in [0.29, 0.717) is 5.92 Å². The predicted octanol–water partition coefficient (Wildman–Crippen LogP) is 1.34. The van der Waals surface area contributed by atoms with Gasteiger partial charge in [0.25, 0.3) is 0 Å². The lowest BCUT2D eigenvalue weighted by Crippen LogP contribution is -2.32. The molecule has 0 heterocycles. The molecule has 0 aromatic carbocycles. The van der Waals surface area contributed by atoms with Crippen LogP contribution in [-0.2, 0) is 4.79 Å². The summed E-state index contributed by atoms with van der Waals surface area (Å²) in [4.78, 5) is 10.4. The van der Waals surface area contributed by atoms with E-state index in [2.05, 4.69) is 6.92 Å². The van der Waals surface area contributed by atoms with Crippen molar-refractivity contribution in [2.24, 2.45) is 17.6 Å². The van der Waals surface area contributed by atoms with Crippen LogP contribution in [0.4, 0.5) is 0 Å². The molecule has 1 aliphatic carbocycles. The first-order valence-electron chi connectivity index (χ1n) is 4.50. The SMILES string of the molecule is CCCC(C(N)C=O)C1CC1. The van der Waals surface area contributed by atoms with Crippen LogP contribution in [0, 0.1) is 11.8 Å². The van der Waals surface area contributed by atoms with E-state index in [4.69, 9.17) is 5.73 Å². The zero-order valence-corrected chi connectivity index (χ0v) is 7.12. The van der Waals surface area contributed by atoms with Crippen molar-refractivity contribution >= 4 is 6.29 Å². The van der Waals surface area contributed by atoms with Gasteiger partial charge >= 0.3 is 0 Å². The maximum atomic E-state index is 10.4. The smallest absolute Gasteiger partial charge is 0.136 e. The molecule has 11 heavy (non-hydrogen) atoms. The number of hydrogen-bond donors (Lipinski definition) is 1. The molecule has 64 valence electrons. The summed E-state index contributed by atoms with van der Waals surface area (Å²) in [7, 11) is 0. The zero-order chi connectivity index (χ0) is 8.27. The lowest BCUT2D eigenvalue weighted by Gasteiger charge is -2.17. The van der Waals surface area contributed by atoms with E-state index >= 15 is 0 Å². The molecule has 2 atom stereocenters. The van der Waals surface area contributed by atoms with Crippen molar-refractivity contribution in [3.05, 3.63) is 0 Å². The van der Waals surface area contributed by atoms with Crippen molar-refractivity contribution in [1.29, 1.82) is 0 Å². The van der Waals surface area contributed by atoms with E-state index in [0.717, 1.165) is 25.0 Å². The van der Waals surface area contributed by atoms with Crippen LogP contribution in [0.25, 0.3) is 0 Å². The molecule has 0 aromatic rings. The molecular weight excluding hydrogens is 138 g/mol. The third-order valence-electron chi connectivity index (χ3n) is 2.50. The van der Waals surface area contributed by atoms with Crippen LogP contribution in [0.2, 0.25) is 0 Å². The van der Waals surface area contributed by atoms with Gasteiger partial charge in [-0.15, -0.1) is 0 Å². The van der Waals surface area contributed by atoms with E-state index < -0.39 is 0 Å². The van der Waals surface area contributed by atoms with Gasteiger partial charge in [0.15, 0.2) is 0 Å². The second-order valence-electron chi connectivity index (χ2n) is 3.50. The molecule has 0 radical (unpaired) electrons. The van der Waals surface area contributed by atoms with Crippen molar-refractivity contribution < 1.29 is 4.79 Å². The fraction of sp³-hybridized carbons (Fsp3) is 0.889. The summed E-state index contributed by atoms with van der Waals surface area (Å²) >= 11 is 0. The van der Waals surface area contributed by atoms with Crippen LogP contribution >= 0.6 is 0 Å². The van der Waals surface area contributed by atoms with Gasteiger partial charge in [-0.2, -0.15) is 0 Å². The summed E-state index contributed by atoms with van der Waals surface area (Å²) in [5.41, 5.74) is 5.68. The Hall–Kier alpha value is -0.370. The highest BCUT2D eigenvalue weighted by molar-refractivity contribution is 5.57. The first-order valence-corrected chi connectivity index (χ1v) is 4.50. The Bertz CT molecular complexity index is 132. The molecule has 1 fully saturated rings. The molecule has 0 bridgehead atoms. The molecule has 0 aliphatic heterocycles.